The minimum absolute atomic E-state index is 0.0425. The van der Waals surface area contributed by atoms with Crippen molar-refractivity contribution < 1.29 is 19.6 Å². The molecule has 1 saturated carbocycles. The van der Waals surface area contributed by atoms with Gasteiger partial charge in [-0.1, -0.05) is 0 Å². The third kappa shape index (κ3) is 3.45. The van der Waals surface area contributed by atoms with Crippen LogP contribution in [-0.2, 0) is 6.42 Å². The maximum atomic E-state index is 11.0. The van der Waals surface area contributed by atoms with Crippen LogP contribution in [0.3, 0.4) is 0 Å². The van der Waals surface area contributed by atoms with Crippen molar-refractivity contribution in [2.75, 3.05) is 0 Å². The summed E-state index contributed by atoms with van der Waals surface area (Å²) in [4.78, 5) is 21.3. The largest absolute Gasteiger partial charge is 0.511 e. The summed E-state index contributed by atoms with van der Waals surface area (Å²) in [6.45, 7) is 0. The Morgan fingerprint density at radius 1 is 1.30 bits per heavy atom. The van der Waals surface area contributed by atoms with Crippen molar-refractivity contribution in [3.05, 3.63) is 33.9 Å². The van der Waals surface area contributed by atoms with E-state index in [0.29, 0.717) is 29.7 Å². The predicted molar refractivity (Wildman–Crippen MR) is 82.2 cm³/mol. The molecule has 0 aliphatic heterocycles. The Balaban J connectivity index is 1.79. The van der Waals surface area contributed by atoms with Crippen LogP contribution in [0.1, 0.15) is 31.2 Å². The Morgan fingerprint density at radius 2 is 1.96 bits per heavy atom. The van der Waals surface area contributed by atoms with E-state index in [1.807, 2.05) is 0 Å². The highest BCUT2D eigenvalue weighted by atomic mass is 16.7. The Labute approximate surface area is 133 Å². The van der Waals surface area contributed by atoms with Crippen molar-refractivity contribution in [3.63, 3.8) is 0 Å². The molecule has 23 heavy (non-hydrogen) atoms. The molecular weight excluding hydrogens is 298 g/mol. The number of ether oxygens (including phenoxy) is 1. The lowest BCUT2D eigenvalue weighted by Gasteiger charge is -2.08. The highest BCUT2D eigenvalue weighted by molar-refractivity contribution is 5.62. The van der Waals surface area contributed by atoms with Gasteiger partial charge < -0.3 is 9.84 Å². The number of hydrogen-bond donors (Lipinski definition) is 1. The lowest BCUT2D eigenvalue weighted by atomic mass is 10.0. The van der Waals surface area contributed by atoms with Gasteiger partial charge in [0.15, 0.2) is 0 Å². The van der Waals surface area contributed by atoms with Crippen molar-refractivity contribution in [1.82, 2.24) is 0 Å². The van der Waals surface area contributed by atoms with Crippen LogP contribution in [0.25, 0.3) is 0 Å². The standard InChI is InChI=1S/C17H17NO5/c19-17(20)23-16-8-7-12(18(21)22)9-11(16)10-15-13-5-3-1-2-4-6-14(13)15/h7-9,13-15H,3-6,10H2,(H,19,20). The van der Waals surface area contributed by atoms with Crippen LogP contribution in [0.5, 0.6) is 5.75 Å². The molecule has 1 fully saturated rings. The van der Waals surface area contributed by atoms with E-state index >= 15 is 0 Å². The molecule has 0 bridgehead atoms. The molecule has 1 N–H and O–H groups in total. The molecule has 0 radical (unpaired) electrons. The Hall–Kier alpha value is -2.55. The van der Waals surface area contributed by atoms with Gasteiger partial charge in [0.1, 0.15) is 5.75 Å². The van der Waals surface area contributed by atoms with E-state index in [4.69, 9.17) is 9.84 Å². The van der Waals surface area contributed by atoms with Crippen LogP contribution in [-0.4, -0.2) is 16.2 Å². The average Bonchev–Trinajstić information content (AvgIpc) is 3.09. The number of nitrogens with zero attached hydrogens (tertiary/aromatic N) is 1. The van der Waals surface area contributed by atoms with Gasteiger partial charge in [-0.2, -0.15) is 0 Å². The molecule has 2 aliphatic carbocycles. The normalized spacial score (nSPS) is 25.1. The first-order chi connectivity index (χ1) is 11.1. The van der Waals surface area contributed by atoms with Crippen molar-refractivity contribution in [3.8, 4) is 17.6 Å². The summed E-state index contributed by atoms with van der Waals surface area (Å²) in [5.74, 6) is 8.09. The van der Waals surface area contributed by atoms with E-state index in [-0.39, 0.29) is 11.4 Å². The molecule has 0 spiro atoms. The van der Waals surface area contributed by atoms with Gasteiger partial charge in [0.05, 0.1) is 4.92 Å². The summed E-state index contributed by atoms with van der Waals surface area (Å²) >= 11 is 0. The van der Waals surface area contributed by atoms with E-state index in [1.54, 1.807) is 0 Å². The van der Waals surface area contributed by atoms with Gasteiger partial charge >= 0.3 is 6.16 Å². The van der Waals surface area contributed by atoms with Gasteiger partial charge in [0, 0.05) is 30.5 Å². The second kappa shape index (κ2) is 6.29. The number of nitro groups is 1. The van der Waals surface area contributed by atoms with Crippen LogP contribution in [0, 0.1) is 39.7 Å². The Kier molecular flexibility index (Phi) is 4.20. The van der Waals surface area contributed by atoms with Crippen LogP contribution in [0.15, 0.2) is 18.2 Å². The van der Waals surface area contributed by atoms with E-state index in [1.165, 1.54) is 18.2 Å². The number of hydrogen-bond acceptors (Lipinski definition) is 4. The summed E-state index contributed by atoms with van der Waals surface area (Å²) in [7, 11) is 0. The zero-order chi connectivity index (χ0) is 16.4. The van der Waals surface area contributed by atoms with Gasteiger partial charge in [0.2, 0.25) is 0 Å². The maximum absolute atomic E-state index is 11.0. The topological polar surface area (TPSA) is 89.7 Å². The highest BCUT2D eigenvalue weighted by Gasteiger charge is 2.48. The van der Waals surface area contributed by atoms with E-state index in [2.05, 4.69) is 11.8 Å². The maximum Gasteiger partial charge on any atom is 0.511 e. The fourth-order valence-corrected chi connectivity index (χ4v) is 3.62. The van der Waals surface area contributed by atoms with E-state index < -0.39 is 11.1 Å². The zero-order valence-electron chi connectivity index (χ0n) is 12.5. The molecule has 0 heterocycles. The minimum Gasteiger partial charge on any atom is -0.449 e. The first kappa shape index (κ1) is 15.3. The molecule has 2 atom stereocenters. The summed E-state index contributed by atoms with van der Waals surface area (Å²) in [5, 5.41) is 19.8. The number of fused-ring (bicyclic) bond motifs is 1. The van der Waals surface area contributed by atoms with Gasteiger partial charge in [-0.15, -0.1) is 11.8 Å². The number of rotatable bonds is 4. The van der Waals surface area contributed by atoms with Crippen LogP contribution >= 0.6 is 0 Å². The molecule has 1 aromatic carbocycles. The van der Waals surface area contributed by atoms with E-state index in [9.17, 15) is 14.9 Å². The SMILES string of the molecule is O=C(O)Oc1ccc([N+](=O)[O-])cc1CC1C2CCC#CCCC21. The quantitative estimate of drug-likeness (QED) is 0.301. The number of benzene rings is 1. The van der Waals surface area contributed by atoms with Gasteiger partial charge in [-0.3, -0.25) is 10.1 Å². The molecule has 6 nitrogen and oxygen atoms in total. The van der Waals surface area contributed by atoms with Crippen LogP contribution in [0.4, 0.5) is 10.5 Å². The van der Waals surface area contributed by atoms with Crippen molar-refractivity contribution in [2.45, 2.75) is 32.1 Å². The van der Waals surface area contributed by atoms with Gasteiger partial charge in [-0.05, 0) is 43.1 Å². The van der Waals surface area contributed by atoms with Crippen molar-refractivity contribution in [2.24, 2.45) is 17.8 Å². The summed E-state index contributed by atoms with van der Waals surface area (Å²) < 4.78 is 4.78. The number of carbonyl (C=O) groups is 1. The molecule has 6 heteroatoms. The van der Waals surface area contributed by atoms with Gasteiger partial charge in [-0.25, -0.2) is 4.79 Å². The van der Waals surface area contributed by atoms with Crippen molar-refractivity contribution in [1.29, 1.82) is 0 Å². The summed E-state index contributed by atoms with van der Waals surface area (Å²) in [5.41, 5.74) is 0.554. The van der Waals surface area contributed by atoms with Crippen LogP contribution < -0.4 is 4.74 Å². The fraction of sp³-hybridized carbons (Fsp3) is 0.471. The first-order valence-electron chi connectivity index (χ1n) is 7.70. The number of carboxylic acid groups (broad SMARTS) is 1. The molecule has 0 aromatic heterocycles. The fourth-order valence-electron chi connectivity index (χ4n) is 3.62. The molecule has 2 unspecified atom stereocenters. The third-order valence-electron chi connectivity index (χ3n) is 4.75. The molecular formula is C17H17NO5. The Morgan fingerprint density at radius 3 is 2.52 bits per heavy atom. The second-order valence-electron chi connectivity index (χ2n) is 6.04. The second-order valence-corrected chi connectivity index (χ2v) is 6.04. The molecule has 1 aromatic rings. The summed E-state index contributed by atoms with van der Waals surface area (Å²) in [6.07, 6.45) is 3.09. The third-order valence-corrected chi connectivity index (χ3v) is 4.75. The number of non-ortho nitro benzene ring substituents is 1. The highest BCUT2D eigenvalue weighted by Crippen LogP contribution is 2.54. The zero-order valence-corrected chi connectivity index (χ0v) is 12.5. The van der Waals surface area contributed by atoms with E-state index in [0.717, 1.165) is 25.7 Å². The smallest absolute Gasteiger partial charge is 0.449 e. The van der Waals surface area contributed by atoms with Gasteiger partial charge in [0.25, 0.3) is 5.69 Å². The van der Waals surface area contributed by atoms with Crippen LogP contribution in [0.2, 0.25) is 0 Å². The molecule has 0 saturated heterocycles. The molecule has 2 aliphatic rings. The summed E-state index contributed by atoms with van der Waals surface area (Å²) in [6, 6.07) is 4.07. The molecule has 120 valence electrons. The monoisotopic (exact) mass is 315 g/mol. The molecule has 0 amide bonds. The first-order valence-corrected chi connectivity index (χ1v) is 7.70. The Bertz CT molecular complexity index is 685. The lowest BCUT2D eigenvalue weighted by Crippen LogP contribution is -2.06. The predicted octanol–water partition coefficient (Wildman–Crippen LogP) is 3.63. The van der Waals surface area contributed by atoms with Crippen molar-refractivity contribution >= 4 is 11.8 Å². The molecule has 3 rings (SSSR count). The average molecular weight is 315 g/mol. The lowest BCUT2D eigenvalue weighted by molar-refractivity contribution is -0.384. The minimum atomic E-state index is -1.41. The number of nitro benzene ring substituents is 1.